The van der Waals surface area contributed by atoms with Crippen molar-refractivity contribution < 1.29 is 19.8 Å². The molecule has 0 fully saturated rings. The second-order valence-corrected chi connectivity index (χ2v) is 6.13. The minimum absolute atomic E-state index is 0. The first-order valence-electron chi connectivity index (χ1n) is 7.77. The number of carboxylic acid groups (broad SMARTS) is 1. The number of nitrogens with zero attached hydrogens (tertiary/aromatic N) is 1. The first kappa shape index (κ1) is 21.4. The molecule has 132 valence electrons. The fourth-order valence-electron chi connectivity index (χ4n) is 2.65. The van der Waals surface area contributed by atoms with E-state index in [-0.39, 0.29) is 49.7 Å². The van der Waals surface area contributed by atoms with Gasteiger partial charge in [0, 0.05) is 16.0 Å². The molecular weight excluding hydrogens is 396 g/mol. The number of rotatable bonds is 5. The Morgan fingerprint density at radius 3 is 2.44 bits per heavy atom. The molecule has 1 unspecified atom stereocenters. The number of carbonyl (C=O) groups excluding carboxylic acids is 2. The quantitative estimate of drug-likeness (QED) is 0.625. The number of nitrogens with one attached hydrogen (secondary N) is 1. The van der Waals surface area contributed by atoms with Crippen molar-refractivity contribution in [2.24, 2.45) is 0 Å². The van der Waals surface area contributed by atoms with E-state index in [1.54, 1.807) is 24.3 Å². The van der Waals surface area contributed by atoms with Crippen LogP contribution in [0.4, 0.5) is 0 Å². The van der Waals surface area contributed by atoms with Gasteiger partial charge in [0.1, 0.15) is 0 Å². The largest absolute Gasteiger partial charge is 2.00 e. The molecule has 1 aromatic heterocycles. The summed E-state index contributed by atoms with van der Waals surface area (Å²) in [6.07, 6.45) is -0.0973. The van der Waals surface area contributed by atoms with Gasteiger partial charge in [-0.3, -0.25) is 9.78 Å². The molecule has 6 nitrogen and oxygen atoms in total. The zero-order valence-corrected chi connectivity index (χ0v) is 17.1. The van der Waals surface area contributed by atoms with Gasteiger partial charge in [-0.25, -0.2) is 0 Å². The maximum absolute atomic E-state index is 12.3. The fraction of sp³-hybridized carbons (Fsp3) is 0.105. The number of carbonyl (C=O) groups is 2. The van der Waals surface area contributed by atoms with Crippen LogP contribution in [0.25, 0.3) is 10.9 Å². The smallest absolute Gasteiger partial charge is 0.859 e. The van der Waals surface area contributed by atoms with Crippen molar-refractivity contribution in [2.45, 2.75) is 12.5 Å². The first-order chi connectivity index (χ1) is 12.4. The van der Waals surface area contributed by atoms with Crippen LogP contribution in [0.1, 0.15) is 15.9 Å². The van der Waals surface area contributed by atoms with E-state index in [1.807, 2.05) is 0 Å². The number of aromatic nitrogens is 1. The van der Waals surface area contributed by atoms with Crippen LogP contribution in [-0.2, 0) is 11.2 Å². The zero-order chi connectivity index (χ0) is 18.7. The maximum atomic E-state index is 12.3. The summed E-state index contributed by atoms with van der Waals surface area (Å²) in [5, 5.41) is 26.8. The molecule has 0 bridgehead atoms. The number of halogens is 1. The van der Waals surface area contributed by atoms with Crippen LogP contribution in [-0.4, -0.2) is 60.6 Å². The van der Waals surface area contributed by atoms with Crippen molar-refractivity contribution in [3.8, 4) is 5.88 Å². The molecule has 1 atom stereocenters. The Labute approximate surface area is 190 Å². The Kier molecular flexibility index (Phi) is 7.44. The summed E-state index contributed by atoms with van der Waals surface area (Å²) in [4.78, 5) is 27.7. The number of hydrogen-bond donors (Lipinski definition) is 1. The monoisotopic (exact) mass is 408 g/mol. The SMILES string of the molecule is O=C(NC(Cc1cc([O-])nc2ccccc12)C(=O)[O-])c1ccc(Cl)cc1.[Ca+2]. The van der Waals surface area contributed by atoms with Crippen molar-refractivity contribution in [3.05, 3.63) is 70.7 Å². The number of fused-ring (bicyclic) bond motifs is 1. The minimum atomic E-state index is -1.44. The minimum Gasteiger partial charge on any atom is -0.859 e. The number of pyridine rings is 1. The molecule has 27 heavy (non-hydrogen) atoms. The Hall–Kier alpha value is -1.86. The number of amides is 1. The second-order valence-electron chi connectivity index (χ2n) is 5.69. The molecular formula is C19H13CaClN2O4. The van der Waals surface area contributed by atoms with Crippen LogP contribution in [0.15, 0.2) is 54.6 Å². The Balaban J connectivity index is 0.00000261. The summed E-state index contributed by atoms with van der Waals surface area (Å²) in [5.74, 6) is -2.49. The van der Waals surface area contributed by atoms with E-state index in [0.717, 1.165) is 0 Å². The Bertz CT molecular complexity index is 979. The van der Waals surface area contributed by atoms with Gasteiger partial charge in [-0.05, 0) is 54.3 Å². The van der Waals surface area contributed by atoms with Crippen LogP contribution in [0.3, 0.4) is 0 Å². The summed E-state index contributed by atoms with van der Waals surface area (Å²) >= 11 is 5.78. The molecule has 8 heteroatoms. The van der Waals surface area contributed by atoms with Crippen molar-refractivity contribution in [1.29, 1.82) is 0 Å². The van der Waals surface area contributed by atoms with Crippen molar-refractivity contribution in [2.75, 3.05) is 0 Å². The van der Waals surface area contributed by atoms with Crippen LogP contribution in [0.5, 0.6) is 5.88 Å². The number of hydrogen-bond acceptors (Lipinski definition) is 5. The van der Waals surface area contributed by atoms with Gasteiger partial charge in [0.15, 0.2) is 0 Å². The molecule has 1 N–H and O–H groups in total. The van der Waals surface area contributed by atoms with Gasteiger partial charge in [-0.15, -0.1) is 0 Å². The van der Waals surface area contributed by atoms with E-state index in [0.29, 0.717) is 21.5 Å². The van der Waals surface area contributed by atoms with Gasteiger partial charge in [0.05, 0.1) is 17.5 Å². The van der Waals surface area contributed by atoms with Gasteiger partial charge in [0.25, 0.3) is 5.91 Å². The van der Waals surface area contributed by atoms with E-state index < -0.39 is 23.8 Å². The molecule has 0 aliphatic carbocycles. The van der Waals surface area contributed by atoms with Crippen LogP contribution < -0.4 is 15.5 Å². The van der Waals surface area contributed by atoms with E-state index in [4.69, 9.17) is 11.6 Å². The molecule has 3 rings (SSSR count). The van der Waals surface area contributed by atoms with Crippen LogP contribution in [0.2, 0.25) is 5.02 Å². The van der Waals surface area contributed by atoms with E-state index >= 15 is 0 Å². The molecule has 0 radical (unpaired) electrons. The van der Waals surface area contributed by atoms with Gasteiger partial charge in [-0.2, -0.15) is 0 Å². The molecule has 1 heterocycles. The van der Waals surface area contributed by atoms with E-state index in [1.165, 1.54) is 30.3 Å². The normalized spacial score (nSPS) is 11.4. The van der Waals surface area contributed by atoms with Crippen molar-refractivity contribution >= 4 is 72.1 Å². The topological polar surface area (TPSA) is 105 Å². The fourth-order valence-corrected chi connectivity index (χ4v) is 2.77. The molecule has 0 saturated heterocycles. The van der Waals surface area contributed by atoms with E-state index in [9.17, 15) is 19.8 Å². The average molecular weight is 409 g/mol. The number of benzene rings is 2. The predicted molar refractivity (Wildman–Crippen MR) is 98.4 cm³/mol. The molecule has 0 aliphatic heterocycles. The molecule has 0 spiro atoms. The van der Waals surface area contributed by atoms with Crippen molar-refractivity contribution in [1.82, 2.24) is 10.3 Å². The molecule has 3 aromatic rings. The third kappa shape index (κ3) is 5.32. The van der Waals surface area contributed by atoms with Crippen LogP contribution in [0, 0.1) is 0 Å². The summed E-state index contributed by atoms with van der Waals surface area (Å²) < 4.78 is 0. The summed E-state index contributed by atoms with van der Waals surface area (Å²) in [6, 6.07) is 12.9. The average Bonchev–Trinajstić information content (AvgIpc) is 2.61. The Morgan fingerprint density at radius 1 is 1.11 bits per heavy atom. The molecule has 0 saturated carbocycles. The molecule has 2 aromatic carbocycles. The zero-order valence-electron chi connectivity index (χ0n) is 14.1. The third-order valence-electron chi connectivity index (χ3n) is 3.90. The third-order valence-corrected chi connectivity index (χ3v) is 4.15. The predicted octanol–water partition coefficient (Wildman–Crippen LogP) is 0.672. The molecule has 0 aliphatic rings. The van der Waals surface area contributed by atoms with Crippen molar-refractivity contribution in [3.63, 3.8) is 0 Å². The van der Waals surface area contributed by atoms with E-state index in [2.05, 4.69) is 10.3 Å². The van der Waals surface area contributed by atoms with Crippen LogP contribution >= 0.6 is 11.6 Å². The standard InChI is InChI=1S/C19H15ClN2O4.Ca/c20-13-7-5-11(6-8-13)18(24)22-16(19(25)26)9-12-10-17(23)21-15-4-2-1-3-14(12)15;/h1-8,10,16H,9H2,(H,21,23)(H,22,24)(H,25,26);/q;+2/p-2. The first-order valence-corrected chi connectivity index (χ1v) is 8.15. The van der Waals surface area contributed by atoms with Gasteiger partial charge in [0.2, 0.25) is 0 Å². The second kappa shape index (κ2) is 9.37. The van der Waals surface area contributed by atoms with Gasteiger partial charge < -0.3 is 20.3 Å². The summed E-state index contributed by atoms with van der Waals surface area (Å²) in [7, 11) is 0. The molecule has 1 amide bonds. The summed E-state index contributed by atoms with van der Waals surface area (Å²) in [6.45, 7) is 0. The maximum Gasteiger partial charge on any atom is 2.00 e. The Morgan fingerprint density at radius 2 is 1.78 bits per heavy atom. The number of aliphatic carboxylic acids is 1. The summed E-state index contributed by atoms with van der Waals surface area (Å²) in [5.41, 5.74) is 1.21. The number of carboxylic acids is 1. The number of para-hydroxylation sites is 1. The van der Waals surface area contributed by atoms with Gasteiger partial charge >= 0.3 is 37.7 Å². The van der Waals surface area contributed by atoms with Gasteiger partial charge in [-0.1, -0.05) is 29.8 Å².